The monoisotopic (exact) mass is 505 g/mol. The van der Waals surface area contributed by atoms with E-state index >= 15 is 0 Å². The minimum absolute atomic E-state index is 0.107. The normalized spacial score (nSPS) is 17.6. The molecule has 0 atom stereocenters. The molecule has 1 amide bonds. The van der Waals surface area contributed by atoms with Crippen molar-refractivity contribution < 1.29 is 9.53 Å². The predicted octanol–water partition coefficient (Wildman–Crippen LogP) is 4.94. The fourth-order valence-corrected chi connectivity index (χ4v) is 6.01. The lowest BCUT2D eigenvalue weighted by atomic mass is 10.0. The van der Waals surface area contributed by atoms with Gasteiger partial charge in [-0.1, -0.05) is 54.3 Å². The van der Waals surface area contributed by atoms with Crippen molar-refractivity contribution in [2.24, 2.45) is 7.05 Å². The summed E-state index contributed by atoms with van der Waals surface area (Å²) in [6.07, 6.45) is 5.13. The largest absolute Gasteiger partial charge is 0.497 e. The summed E-state index contributed by atoms with van der Waals surface area (Å²) < 4.78 is 7.39. The molecule has 35 heavy (non-hydrogen) atoms. The third kappa shape index (κ3) is 4.48. The number of fused-ring (bicyclic) bond motifs is 1. The number of thioether (sulfide) groups is 1. The highest BCUT2D eigenvalue weighted by Crippen LogP contribution is 2.37. The van der Waals surface area contributed by atoms with Crippen LogP contribution in [-0.4, -0.2) is 39.9 Å². The molecule has 0 radical (unpaired) electrons. The van der Waals surface area contributed by atoms with Gasteiger partial charge in [0.2, 0.25) is 0 Å². The van der Waals surface area contributed by atoms with Crippen molar-refractivity contribution in [1.29, 1.82) is 0 Å². The van der Waals surface area contributed by atoms with Gasteiger partial charge in [0, 0.05) is 25.5 Å². The number of anilines is 1. The summed E-state index contributed by atoms with van der Waals surface area (Å²) in [6.45, 7) is 2.17. The van der Waals surface area contributed by atoms with Gasteiger partial charge in [-0.25, -0.2) is 0 Å². The van der Waals surface area contributed by atoms with E-state index in [1.54, 1.807) is 29.7 Å². The molecule has 2 aromatic carbocycles. The topological polar surface area (TPSA) is 54.8 Å². The summed E-state index contributed by atoms with van der Waals surface area (Å²) >= 11 is 6.82. The van der Waals surface area contributed by atoms with E-state index in [-0.39, 0.29) is 11.5 Å². The zero-order valence-corrected chi connectivity index (χ0v) is 21.5. The number of rotatable bonds is 5. The van der Waals surface area contributed by atoms with Crippen molar-refractivity contribution in [2.45, 2.75) is 25.8 Å². The molecular formula is C27H27N3O3S2. The summed E-state index contributed by atoms with van der Waals surface area (Å²) in [5.41, 5.74) is 3.22. The van der Waals surface area contributed by atoms with E-state index in [1.165, 1.54) is 18.2 Å². The van der Waals surface area contributed by atoms with Gasteiger partial charge >= 0.3 is 0 Å². The lowest BCUT2D eigenvalue weighted by molar-refractivity contribution is -0.122. The van der Waals surface area contributed by atoms with E-state index in [1.807, 2.05) is 42.5 Å². The fourth-order valence-electron chi connectivity index (χ4n) is 4.77. The first-order valence-corrected chi connectivity index (χ1v) is 13.0. The molecule has 0 aliphatic carbocycles. The first-order chi connectivity index (χ1) is 17.0. The molecule has 0 N–H and O–H groups in total. The number of hydrogen-bond acceptors (Lipinski definition) is 6. The maximum absolute atomic E-state index is 13.6. The smallest absolute Gasteiger partial charge is 0.266 e. The van der Waals surface area contributed by atoms with Crippen LogP contribution in [0.5, 0.6) is 5.75 Å². The summed E-state index contributed by atoms with van der Waals surface area (Å²) in [5, 5.41) is 1.02. The molecule has 2 fully saturated rings. The van der Waals surface area contributed by atoms with E-state index < -0.39 is 0 Å². The third-order valence-corrected chi connectivity index (χ3v) is 8.01. The summed E-state index contributed by atoms with van der Waals surface area (Å²) in [6, 6.07) is 15.6. The van der Waals surface area contributed by atoms with Crippen LogP contribution in [0.25, 0.3) is 17.0 Å². The molecule has 2 aliphatic rings. The Balaban J connectivity index is 1.56. The van der Waals surface area contributed by atoms with Gasteiger partial charge in [0.1, 0.15) is 10.1 Å². The van der Waals surface area contributed by atoms with Crippen LogP contribution in [0.3, 0.4) is 0 Å². The maximum Gasteiger partial charge on any atom is 0.266 e. The lowest BCUT2D eigenvalue weighted by Gasteiger charge is -2.31. The second kappa shape index (κ2) is 9.87. The number of thiocarbonyl (C=S) groups is 1. The number of ether oxygens (including phenoxy) is 1. The number of pyridine rings is 1. The summed E-state index contributed by atoms with van der Waals surface area (Å²) in [7, 11) is 3.41. The lowest BCUT2D eigenvalue weighted by Crippen LogP contribution is -2.33. The van der Waals surface area contributed by atoms with Crippen LogP contribution in [0.2, 0.25) is 0 Å². The van der Waals surface area contributed by atoms with Gasteiger partial charge < -0.3 is 14.2 Å². The quantitative estimate of drug-likeness (QED) is 0.362. The van der Waals surface area contributed by atoms with Gasteiger partial charge in [-0.2, -0.15) is 0 Å². The van der Waals surface area contributed by atoms with Crippen LogP contribution in [0.1, 0.15) is 30.4 Å². The second-order valence-electron chi connectivity index (χ2n) is 8.81. The first-order valence-electron chi connectivity index (χ1n) is 11.7. The number of hydrogen-bond donors (Lipinski definition) is 0. The molecule has 8 heteroatoms. The minimum atomic E-state index is -0.171. The van der Waals surface area contributed by atoms with Crippen LogP contribution in [-0.2, 0) is 18.4 Å². The van der Waals surface area contributed by atoms with Crippen molar-refractivity contribution in [2.75, 3.05) is 25.1 Å². The zero-order valence-electron chi connectivity index (χ0n) is 19.8. The number of aryl methyl sites for hydroxylation is 1. The van der Waals surface area contributed by atoms with E-state index in [0.717, 1.165) is 53.8 Å². The van der Waals surface area contributed by atoms with Crippen LogP contribution in [0.4, 0.5) is 5.69 Å². The number of benzene rings is 2. The van der Waals surface area contributed by atoms with Gasteiger partial charge in [0.25, 0.3) is 11.5 Å². The number of carbonyl (C=O) groups is 1. The van der Waals surface area contributed by atoms with Crippen molar-refractivity contribution >= 4 is 56.9 Å². The molecule has 180 valence electrons. The number of amides is 1. The van der Waals surface area contributed by atoms with Gasteiger partial charge in [-0.3, -0.25) is 14.5 Å². The fraction of sp³-hybridized carbons (Fsp3) is 0.296. The summed E-state index contributed by atoms with van der Waals surface area (Å²) in [5.74, 6) is 0.590. The van der Waals surface area contributed by atoms with Gasteiger partial charge in [0.05, 0.1) is 35.3 Å². The first kappa shape index (κ1) is 23.6. The molecule has 3 aromatic rings. The van der Waals surface area contributed by atoms with E-state index in [9.17, 15) is 9.59 Å². The van der Waals surface area contributed by atoms with Crippen LogP contribution in [0, 0.1) is 0 Å². The van der Waals surface area contributed by atoms with Gasteiger partial charge in [-0.15, -0.1) is 0 Å². The minimum Gasteiger partial charge on any atom is -0.497 e. The molecule has 0 bridgehead atoms. The highest BCUT2D eigenvalue weighted by Gasteiger charge is 2.33. The summed E-state index contributed by atoms with van der Waals surface area (Å²) in [4.78, 5) is 31.3. The Morgan fingerprint density at radius 3 is 2.46 bits per heavy atom. The molecule has 2 aliphatic heterocycles. The Hall–Kier alpha value is -3.10. The Bertz CT molecular complexity index is 1390. The van der Waals surface area contributed by atoms with Crippen LogP contribution < -0.4 is 15.2 Å². The highest BCUT2D eigenvalue weighted by atomic mass is 32.2. The molecular weight excluding hydrogens is 478 g/mol. The Morgan fingerprint density at radius 1 is 1.03 bits per heavy atom. The number of piperidine rings is 1. The van der Waals surface area contributed by atoms with Crippen molar-refractivity contribution in [3.8, 4) is 5.75 Å². The molecule has 6 nitrogen and oxygen atoms in total. The highest BCUT2D eigenvalue weighted by molar-refractivity contribution is 8.26. The predicted molar refractivity (Wildman–Crippen MR) is 147 cm³/mol. The average Bonchev–Trinajstić information content (AvgIpc) is 3.15. The molecule has 0 spiro atoms. The zero-order chi connectivity index (χ0) is 24.5. The van der Waals surface area contributed by atoms with Crippen molar-refractivity contribution in [1.82, 2.24) is 9.47 Å². The van der Waals surface area contributed by atoms with Crippen LogP contribution >= 0.6 is 24.0 Å². The van der Waals surface area contributed by atoms with Gasteiger partial charge in [0.15, 0.2) is 0 Å². The number of methoxy groups -OCH3 is 1. The molecule has 2 saturated heterocycles. The van der Waals surface area contributed by atoms with E-state index in [0.29, 0.717) is 21.3 Å². The molecule has 0 saturated carbocycles. The maximum atomic E-state index is 13.6. The Labute approximate surface area is 214 Å². The second-order valence-corrected chi connectivity index (χ2v) is 10.5. The molecule has 0 unspecified atom stereocenters. The van der Waals surface area contributed by atoms with Crippen molar-refractivity contribution in [3.05, 3.63) is 74.9 Å². The number of para-hydroxylation sites is 1. The average molecular weight is 506 g/mol. The molecule has 3 heterocycles. The molecule has 1 aromatic heterocycles. The third-order valence-electron chi connectivity index (χ3n) is 6.63. The van der Waals surface area contributed by atoms with Crippen molar-refractivity contribution in [3.63, 3.8) is 0 Å². The van der Waals surface area contributed by atoms with Gasteiger partial charge in [-0.05, 0) is 49.1 Å². The standard InChI is InChI=1S/C27H27N3O3S2/c1-28-22-9-5-4-8-20(22)24(29-14-6-3-7-15-29)21(25(28)31)16-23-26(32)30(27(34)35-23)17-18-10-12-19(33-2)13-11-18/h4-5,8-13,16H,3,6-7,14-15,17H2,1-2H3. The Kier molecular flexibility index (Phi) is 6.67. The molecule has 5 rings (SSSR count). The Morgan fingerprint density at radius 2 is 1.74 bits per heavy atom. The number of carbonyl (C=O) groups excluding carboxylic acids is 1. The number of nitrogens with zero attached hydrogens (tertiary/aromatic N) is 3. The number of aromatic nitrogens is 1. The van der Waals surface area contributed by atoms with Crippen LogP contribution in [0.15, 0.2) is 58.2 Å². The van der Waals surface area contributed by atoms with E-state index in [2.05, 4.69) is 11.0 Å². The SMILES string of the molecule is COc1ccc(CN2C(=O)C(=Cc3c(N4CCCCC4)c4ccccc4n(C)c3=O)SC2=S)cc1. The van der Waals surface area contributed by atoms with E-state index in [4.69, 9.17) is 17.0 Å².